The second-order valence-electron chi connectivity index (χ2n) is 6.38. The number of H-pyrrole nitrogens is 2. The van der Waals surface area contributed by atoms with Gasteiger partial charge in [0, 0.05) is 23.5 Å². The Hall–Kier alpha value is -3.54. The molecular weight excluding hydrogens is 342 g/mol. The predicted octanol–water partition coefficient (Wildman–Crippen LogP) is 2.68. The smallest absolute Gasteiger partial charge is 0.400 e. The summed E-state index contributed by atoms with van der Waals surface area (Å²) in [4.78, 5) is 18.6. The van der Waals surface area contributed by atoms with Gasteiger partial charge in [-0.25, -0.2) is 0 Å². The van der Waals surface area contributed by atoms with Crippen LogP contribution in [0.2, 0.25) is 0 Å². The number of nitrogens with one attached hydrogen (secondary N) is 2. The average molecular weight is 361 g/mol. The molecule has 2 aromatic carbocycles. The van der Waals surface area contributed by atoms with E-state index in [1.807, 2.05) is 60.8 Å². The molecule has 0 spiro atoms. The molecule has 6 nitrogen and oxygen atoms in total. The van der Waals surface area contributed by atoms with Crippen LogP contribution in [0.3, 0.4) is 0 Å². The van der Waals surface area contributed by atoms with Crippen molar-refractivity contribution in [3.63, 3.8) is 0 Å². The summed E-state index contributed by atoms with van der Waals surface area (Å²) in [6.07, 6.45) is 2.51. The van der Waals surface area contributed by atoms with Crippen LogP contribution in [-0.4, -0.2) is 17.1 Å². The van der Waals surface area contributed by atoms with Crippen molar-refractivity contribution < 1.29 is 9.47 Å². The Bertz CT molecular complexity index is 1150. The Kier molecular flexibility index (Phi) is 4.38. The minimum Gasteiger partial charge on any atom is -0.616 e. The molecule has 0 bridgehead atoms. The van der Waals surface area contributed by atoms with Gasteiger partial charge in [0.15, 0.2) is 0 Å². The monoisotopic (exact) mass is 361 g/mol. The lowest BCUT2D eigenvalue weighted by Crippen LogP contribution is -2.42. The highest BCUT2D eigenvalue weighted by atomic mass is 16.5. The van der Waals surface area contributed by atoms with Crippen LogP contribution >= 0.6 is 0 Å². The van der Waals surface area contributed by atoms with Gasteiger partial charge in [0.1, 0.15) is 5.69 Å². The maximum Gasteiger partial charge on any atom is 0.400 e. The van der Waals surface area contributed by atoms with E-state index in [1.54, 1.807) is 0 Å². The van der Waals surface area contributed by atoms with Crippen molar-refractivity contribution in [3.05, 3.63) is 98.9 Å². The summed E-state index contributed by atoms with van der Waals surface area (Å²) in [5, 5.41) is 13.8. The van der Waals surface area contributed by atoms with E-state index >= 15 is 0 Å². The van der Waals surface area contributed by atoms with E-state index in [-0.39, 0.29) is 18.0 Å². The third kappa shape index (κ3) is 3.17. The third-order valence-electron chi connectivity index (χ3n) is 4.66. The first-order valence-electron chi connectivity index (χ1n) is 8.68. The maximum absolute atomic E-state index is 12.8. The number of benzene rings is 2. The number of ether oxygens (including phenoxy) is 1. The van der Waals surface area contributed by atoms with Gasteiger partial charge in [-0.05, 0) is 17.2 Å². The lowest BCUT2D eigenvalue weighted by molar-refractivity contribution is -0.622. The molecule has 0 aliphatic carbocycles. The van der Waals surface area contributed by atoms with Crippen molar-refractivity contribution in [1.82, 2.24) is 9.97 Å². The molecule has 2 aromatic heterocycles. The fourth-order valence-electron chi connectivity index (χ4n) is 3.34. The van der Waals surface area contributed by atoms with Crippen LogP contribution in [0.25, 0.3) is 10.9 Å². The number of rotatable bonds is 5. The summed E-state index contributed by atoms with van der Waals surface area (Å²) < 4.78 is 5.95. The number of nitrogens with zero attached hydrogens (tertiary/aromatic N) is 1. The molecule has 0 amide bonds. The van der Waals surface area contributed by atoms with Crippen LogP contribution in [-0.2, 0) is 12.8 Å². The molecule has 0 atom stereocenters. The van der Waals surface area contributed by atoms with Gasteiger partial charge in [0.2, 0.25) is 0 Å². The number of aromatic amines is 2. The fraction of sp³-hybridized carbons (Fsp3) is 0.143. The van der Waals surface area contributed by atoms with Crippen molar-refractivity contribution in [3.8, 4) is 5.88 Å². The van der Waals surface area contributed by atoms with Gasteiger partial charge < -0.3 is 19.9 Å². The van der Waals surface area contributed by atoms with E-state index in [2.05, 4.69) is 9.97 Å². The molecule has 2 heterocycles. The summed E-state index contributed by atoms with van der Waals surface area (Å²) in [5.41, 5.74) is 3.04. The number of fused-ring (bicyclic) bond motifs is 1. The third-order valence-corrected chi connectivity index (χ3v) is 4.66. The lowest BCUT2D eigenvalue weighted by atomic mass is 10.1. The maximum atomic E-state index is 12.8. The molecule has 0 aliphatic rings. The zero-order valence-corrected chi connectivity index (χ0v) is 14.9. The number of methoxy groups -OCH3 is 1. The van der Waals surface area contributed by atoms with E-state index in [9.17, 15) is 10.0 Å². The molecule has 0 fully saturated rings. The number of hydrogen-bond acceptors (Lipinski definition) is 3. The molecule has 136 valence electrons. The summed E-state index contributed by atoms with van der Waals surface area (Å²) >= 11 is 0. The zero-order valence-electron chi connectivity index (χ0n) is 14.9. The van der Waals surface area contributed by atoms with Gasteiger partial charge in [-0.15, -0.1) is 4.73 Å². The van der Waals surface area contributed by atoms with Gasteiger partial charge in [-0.1, -0.05) is 48.5 Å². The standard InChI is InChI=1S/C21H19N3O3/c1-27-21-18(12-15-13-22-17-10-6-5-9-16(15)17)23-20(25)19(24(21)26)11-14-7-3-2-4-8-14/h2-10,13,22H,11-12H2,1H3,(H,23,25). The Morgan fingerprint density at radius 1 is 1.04 bits per heavy atom. The first-order valence-corrected chi connectivity index (χ1v) is 8.68. The average Bonchev–Trinajstić information content (AvgIpc) is 3.09. The van der Waals surface area contributed by atoms with Crippen molar-refractivity contribution in [1.29, 1.82) is 0 Å². The number of para-hydroxylation sites is 1. The molecule has 6 heteroatoms. The van der Waals surface area contributed by atoms with E-state index in [0.29, 0.717) is 16.8 Å². The summed E-state index contributed by atoms with van der Waals surface area (Å²) in [7, 11) is 1.44. The van der Waals surface area contributed by atoms with Gasteiger partial charge in [-0.3, -0.25) is 4.79 Å². The molecule has 0 radical (unpaired) electrons. The Morgan fingerprint density at radius 2 is 1.78 bits per heavy atom. The Morgan fingerprint density at radius 3 is 2.56 bits per heavy atom. The van der Waals surface area contributed by atoms with Crippen molar-refractivity contribution >= 4 is 10.9 Å². The SMILES string of the molecule is COc1c(Cc2c[nH]c3ccccc23)[nH]c(=O)c(Cc2ccccc2)[n+]1[O-]. The normalized spacial score (nSPS) is 11.0. The van der Waals surface area contributed by atoms with E-state index in [1.165, 1.54) is 7.11 Å². The minimum absolute atomic E-state index is 0.112. The number of aromatic nitrogens is 3. The van der Waals surface area contributed by atoms with Crippen molar-refractivity contribution in [2.45, 2.75) is 12.8 Å². The predicted molar refractivity (Wildman–Crippen MR) is 103 cm³/mol. The van der Waals surface area contributed by atoms with Crippen LogP contribution in [0.4, 0.5) is 0 Å². The van der Waals surface area contributed by atoms with E-state index in [4.69, 9.17) is 4.74 Å². The fourth-order valence-corrected chi connectivity index (χ4v) is 3.34. The van der Waals surface area contributed by atoms with Gasteiger partial charge in [-0.2, -0.15) is 0 Å². The zero-order chi connectivity index (χ0) is 18.8. The van der Waals surface area contributed by atoms with Crippen molar-refractivity contribution in [2.75, 3.05) is 7.11 Å². The molecule has 2 N–H and O–H groups in total. The highest BCUT2D eigenvalue weighted by molar-refractivity contribution is 5.83. The van der Waals surface area contributed by atoms with E-state index < -0.39 is 5.56 Å². The molecule has 0 saturated carbocycles. The second-order valence-corrected chi connectivity index (χ2v) is 6.38. The molecule has 0 saturated heterocycles. The molecule has 0 unspecified atom stereocenters. The highest BCUT2D eigenvalue weighted by Gasteiger charge is 2.23. The van der Waals surface area contributed by atoms with Gasteiger partial charge >= 0.3 is 11.4 Å². The second kappa shape index (κ2) is 6.99. The Labute approximate surface area is 155 Å². The lowest BCUT2D eigenvalue weighted by Gasteiger charge is -2.11. The van der Waals surface area contributed by atoms with Crippen molar-refractivity contribution in [2.24, 2.45) is 0 Å². The van der Waals surface area contributed by atoms with Gasteiger partial charge in [0.25, 0.3) is 5.69 Å². The quantitative estimate of drug-likeness (QED) is 0.423. The van der Waals surface area contributed by atoms with Crippen LogP contribution in [0.5, 0.6) is 5.88 Å². The summed E-state index contributed by atoms with van der Waals surface area (Å²) in [6, 6.07) is 17.3. The minimum atomic E-state index is -0.399. The molecular formula is C21H19N3O3. The highest BCUT2D eigenvalue weighted by Crippen LogP contribution is 2.22. The van der Waals surface area contributed by atoms with Crippen LogP contribution in [0.15, 0.2) is 65.6 Å². The summed E-state index contributed by atoms with van der Waals surface area (Å²) in [6.45, 7) is 0. The molecule has 27 heavy (non-hydrogen) atoms. The Balaban J connectivity index is 1.75. The first-order chi connectivity index (χ1) is 13.2. The van der Waals surface area contributed by atoms with Crippen LogP contribution in [0.1, 0.15) is 22.5 Å². The first kappa shape index (κ1) is 16.9. The topological polar surface area (TPSA) is 84.8 Å². The molecule has 4 rings (SSSR count). The summed E-state index contributed by atoms with van der Waals surface area (Å²) in [5.74, 6) is 0.116. The molecule has 4 aromatic rings. The molecule has 0 aliphatic heterocycles. The largest absolute Gasteiger partial charge is 0.616 e. The van der Waals surface area contributed by atoms with E-state index in [0.717, 1.165) is 22.0 Å². The van der Waals surface area contributed by atoms with Gasteiger partial charge in [0.05, 0.1) is 13.5 Å². The van der Waals surface area contributed by atoms with Crippen LogP contribution in [0, 0.1) is 5.21 Å². The number of hydrogen-bond donors (Lipinski definition) is 2. The van der Waals surface area contributed by atoms with Crippen LogP contribution < -0.4 is 15.0 Å².